The van der Waals surface area contributed by atoms with Gasteiger partial charge in [-0.1, -0.05) is 13.3 Å². The van der Waals surface area contributed by atoms with Gasteiger partial charge >= 0.3 is 0 Å². The molecule has 104 valence electrons. The first-order valence-corrected chi connectivity index (χ1v) is 6.16. The SMILES string of the molecule is CCCc1c(N)nc(-c2ccc([N+](=O)[O-])cc2)[nH]c1=O. The second kappa shape index (κ2) is 5.52. The molecule has 1 heterocycles. The number of H-pyrrole nitrogens is 1. The van der Waals surface area contributed by atoms with E-state index in [4.69, 9.17) is 5.73 Å². The number of hydrogen-bond donors (Lipinski definition) is 2. The molecule has 0 aliphatic rings. The minimum atomic E-state index is -0.487. The highest BCUT2D eigenvalue weighted by Crippen LogP contribution is 2.19. The van der Waals surface area contributed by atoms with Crippen LogP contribution in [-0.4, -0.2) is 14.9 Å². The lowest BCUT2D eigenvalue weighted by atomic mass is 10.1. The number of nitrogens with zero attached hydrogens (tertiary/aromatic N) is 2. The Hall–Kier alpha value is -2.70. The Kier molecular flexibility index (Phi) is 3.79. The number of benzene rings is 1. The average Bonchev–Trinajstić information content (AvgIpc) is 2.42. The van der Waals surface area contributed by atoms with Crippen LogP contribution in [0.4, 0.5) is 11.5 Å². The summed E-state index contributed by atoms with van der Waals surface area (Å²) in [5.41, 5.74) is 6.53. The number of aromatic amines is 1. The van der Waals surface area contributed by atoms with E-state index in [1.807, 2.05) is 6.92 Å². The van der Waals surface area contributed by atoms with Gasteiger partial charge in [0.1, 0.15) is 11.6 Å². The Morgan fingerprint density at radius 1 is 1.35 bits per heavy atom. The smallest absolute Gasteiger partial charge is 0.269 e. The summed E-state index contributed by atoms with van der Waals surface area (Å²) < 4.78 is 0. The normalized spacial score (nSPS) is 10.4. The van der Waals surface area contributed by atoms with Crippen LogP contribution in [0, 0.1) is 10.1 Å². The van der Waals surface area contributed by atoms with E-state index in [2.05, 4.69) is 9.97 Å². The maximum Gasteiger partial charge on any atom is 0.269 e. The minimum Gasteiger partial charge on any atom is -0.383 e. The predicted molar refractivity (Wildman–Crippen MR) is 75.4 cm³/mol. The summed E-state index contributed by atoms with van der Waals surface area (Å²) in [6.45, 7) is 1.95. The number of non-ortho nitro benzene ring substituents is 1. The van der Waals surface area contributed by atoms with Crippen LogP contribution < -0.4 is 11.3 Å². The van der Waals surface area contributed by atoms with Crippen molar-refractivity contribution in [1.82, 2.24) is 9.97 Å². The van der Waals surface area contributed by atoms with Crippen molar-refractivity contribution in [3.63, 3.8) is 0 Å². The fourth-order valence-corrected chi connectivity index (χ4v) is 1.88. The number of anilines is 1. The number of nitro groups is 1. The number of hydrogen-bond acceptors (Lipinski definition) is 5. The number of rotatable bonds is 4. The highest BCUT2D eigenvalue weighted by atomic mass is 16.6. The molecule has 7 nitrogen and oxygen atoms in total. The van der Waals surface area contributed by atoms with Gasteiger partial charge in [0.25, 0.3) is 11.2 Å². The summed E-state index contributed by atoms with van der Waals surface area (Å²) in [5, 5.41) is 10.6. The van der Waals surface area contributed by atoms with Gasteiger partial charge in [0, 0.05) is 17.7 Å². The largest absolute Gasteiger partial charge is 0.383 e. The number of nitrogen functional groups attached to an aromatic ring is 1. The van der Waals surface area contributed by atoms with E-state index in [1.54, 1.807) is 0 Å². The van der Waals surface area contributed by atoms with Gasteiger partial charge in [0.15, 0.2) is 0 Å². The van der Waals surface area contributed by atoms with Gasteiger partial charge in [0.2, 0.25) is 0 Å². The Morgan fingerprint density at radius 2 is 2.00 bits per heavy atom. The molecule has 3 N–H and O–H groups in total. The Bertz CT molecular complexity index is 692. The number of nitrogens with one attached hydrogen (secondary N) is 1. The zero-order valence-corrected chi connectivity index (χ0v) is 10.9. The van der Waals surface area contributed by atoms with Gasteiger partial charge < -0.3 is 10.7 Å². The zero-order chi connectivity index (χ0) is 14.7. The van der Waals surface area contributed by atoms with Crippen molar-refractivity contribution in [2.45, 2.75) is 19.8 Å². The van der Waals surface area contributed by atoms with Crippen LogP contribution in [0.3, 0.4) is 0 Å². The van der Waals surface area contributed by atoms with Gasteiger partial charge in [0.05, 0.1) is 10.5 Å². The van der Waals surface area contributed by atoms with E-state index in [9.17, 15) is 14.9 Å². The highest BCUT2D eigenvalue weighted by molar-refractivity contribution is 5.59. The summed E-state index contributed by atoms with van der Waals surface area (Å²) in [6, 6.07) is 5.75. The molecule has 2 aromatic rings. The molecule has 0 saturated carbocycles. The second-order valence-corrected chi connectivity index (χ2v) is 4.33. The molecule has 7 heteroatoms. The summed E-state index contributed by atoms with van der Waals surface area (Å²) in [7, 11) is 0. The van der Waals surface area contributed by atoms with E-state index in [0.29, 0.717) is 23.4 Å². The van der Waals surface area contributed by atoms with Crippen molar-refractivity contribution in [2.75, 3.05) is 5.73 Å². The number of nitro benzene ring substituents is 1. The predicted octanol–water partition coefficient (Wildman–Crippen LogP) is 1.88. The molecule has 0 unspecified atom stereocenters. The maximum absolute atomic E-state index is 11.9. The summed E-state index contributed by atoms with van der Waals surface area (Å²) in [6.07, 6.45) is 1.36. The standard InChI is InChI=1S/C13H14N4O3/c1-2-3-10-11(14)15-12(16-13(10)18)8-4-6-9(7-5-8)17(19)20/h4-7H,2-3H2,1H3,(H3,14,15,16,18). The molecule has 0 aliphatic carbocycles. The van der Waals surface area contributed by atoms with Crippen molar-refractivity contribution in [3.05, 3.63) is 50.3 Å². The molecule has 0 amide bonds. The number of nitrogens with two attached hydrogens (primary N) is 1. The summed E-state index contributed by atoms with van der Waals surface area (Å²) in [5.74, 6) is 0.506. The third-order valence-electron chi connectivity index (χ3n) is 2.90. The molecular weight excluding hydrogens is 260 g/mol. The van der Waals surface area contributed by atoms with Gasteiger partial charge in [-0.05, 0) is 18.6 Å². The Morgan fingerprint density at radius 3 is 2.50 bits per heavy atom. The first-order chi connectivity index (χ1) is 9.52. The molecule has 0 atom stereocenters. The lowest BCUT2D eigenvalue weighted by molar-refractivity contribution is -0.384. The second-order valence-electron chi connectivity index (χ2n) is 4.33. The van der Waals surface area contributed by atoms with E-state index in [1.165, 1.54) is 24.3 Å². The molecule has 0 radical (unpaired) electrons. The van der Waals surface area contributed by atoms with Crippen LogP contribution in [0.1, 0.15) is 18.9 Å². The molecule has 0 bridgehead atoms. The van der Waals surface area contributed by atoms with Crippen molar-refractivity contribution in [2.24, 2.45) is 0 Å². The highest BCUT2D eigenvalue weighted by Gasteiger charge is 2.11. The number of aromatic nitrogens is 2. The first kappa shape index (κ1) is 13.7. The first-order valence-electron chi connectivity index (χ1n) is 6.16. The molecular formula is C13H14N4O3. The van der Waals surface area contributed by atoms with Gasteiger partial charge in [-0.15, -0.1) is 0 Å². The minimum absolute atomic E-state index is 0.0216. The van der Waals surface area contributed by atoms with Crippen LogP contribution >= 0.6 is 0 Å². The van der Waals surface area contributed by atoms with E-state index >= 15 is 0 Å². The summed E-state index contributed by atoms with van der Waals surface area (Å²) >= 11 is 0. The molecule has 0 aliphatic heterocycles. The quantitative estimate of drug-likeness (QED) is 0.652. The maximum atomic E-state index is 11.9. The average molecular weight is 274 g/mol. The third-order valence-corrected chi connectivity index (χ3v) is 2.90. The van der Waals surface area contributed by atoms with Crippen molar-refractivity contribution in [3.8, 4) is 11.4 Å². The Labute approximate surface area is 114 Å². The fourth-order valence-electron chi connectivity index (χ4n) is 1.88. The molecule has 2 rings (SSSR count). The lowest BCUT2D eigenvalue weighted by Gasteiger charge is -2.06. The van der Waals surface area contributed by atoms with Crippen LogP contribution in [0.25, 0.3) is 11.4 Å². The van der Waals surface area contributed by atoms with Crippen molar-refractivity contribution < 1.29 is 4.92 Å². The molecule has 0 spiro atoms. The Balaban J connectivity index is 2.43. The molecule has 1 aromatic carbocycles. The van der Waals surface area contributed by atoms with Crippen LogP contribution in [0.15, 0.2) is 29.1 Å². The van der Waals surface area contributed by atoms with Crippen LogP contribution in [-0.2, 0) is 6.42 Å². The van der Waals surface area contributed by atoms with Gasteiger partial charge in [-0.25, -0.2) is 4.98 Å². The fraction of sp³-hybridized carbons (Fsp3) is 0.231. The van der Waals surface area contributed by atoms with E-state index in [0.717, 1.165) is 6.42 Å². The summed E-state index contributed by atoms with van der Waals surface area (Å²) in [4.78, 5) is 28.8. The van der Waals surface area contributed by atoms with Crippen molar-refractivity contribution >= 4 is 11.5 Å². The molecule has 1 aromatic heterocycles. The van der Waals surface area contributed by atoms with E-state index in [-0.39, 0.29) is 17.1 Å². The van der Waals surface area contributed by atoms with Crippen LogP contribution in [0.2, 0.25) is 0 Å². The van der Waals surface area contributed by atoms with E-state index < -0.39 is 4.92 Å². The zero-order valence-electron chi connectivity index (χ0n) is 10.9. The molecule has 20 heavy (non-hydrogen) atoms. The topological polar surface area (TPSA) is 115 Å². The van der Waals surface area contributed by atoms with Gasteiger partial charge in [-0.2, -0.15) is 0 Å². The third kappa shape index (κ3) is 2.66. The monoisotopic (exact) mass is 274 g/mol. The molecule has 0 saturated heterocycles. The lowest BCUT2D eigenvalue weighted by Crippen LogP contribution is -2.18. The van der Waals surface area contributed by atoms with Crippen LogP contribution in [0.5, 0.6) is 0 Å². The van der Waals surface area contributed by atoms with Gasteiger partial charge in [-0.3, -0.25) is 14.9 Å². The van der Waals surface area contributed by atoms with Crippen molar-refractivity contribution in [1.29, 1.82) is 0 Å². The molecule has 0 fully saturated rings.